The first-order valence-electron chi connectivity index (χ1n) is 3.19. The Morgan fingerprint density at radius 1 is 1.00 bits per heavy atom. The van der Waals surface area contributed by atoms with Gasteiger partial charge in [-0.15, -0.1) is 19.0 Å². The molecule has 2 N–H and O–H groups in total. The molecule has 0 saturated carbocycles. The monoisotopic (exact) mass is 261 g/mol. The maximum absolute atomic E-state index is 12.4. The van der Waals surface area contributed by atoms with Gasteiger partial charge in [0, 0.05) is 0 Å². The van der Waals surface area contributed by atoms with E-state index in [1.807, 2.05) is 0 Å². The smallest absolute Gasteiger partial charge is 0.319 e. The number of halogens is 8. The van der Waals surface area contributed by atoms with Crippen molar-refractivity contribution in [3.63, 3.8) is 0 Å². The lowest BCUT2D eigenvalue weighted by Crippen LogP contribution is -2.59. The first-order valence-corrected chi connectivity index (χ1v) is 3.19. The largest absolute Gasteiger partial charge is 0.459 e. The SMILES string of the molecule is C=C[C@@H](N)C(F)(F)C(F)(F)C(F)(F)F.Cl. The van der Waals surface area contributed by atoms with Gasteiger partial charge in [-0.3, -0.25) is 0 Å². The van der Waals surface area contributed by atoms with E-state index in [-0.39, 0.29) is 18.5 Å². The third kappa shape index (κ3) is 2.75. The van der Waals surface area contributed by atoms with Gasteiger partial charge in [-0.1, -0.05) is 6.08 Å². The molecular weight excluding hydrogens is 255 g/mol. The molecule has 0 aromatic rings. The minimum Gasteiger partial charge on any atom is -0.319 e. The Hall–Kier alpha value is -0.500. The summed E-state index contributed by atoms with van der Waals surface area (Å²) in [6.45, 7) is 2.62. The summed E-state index contributed by atoms with van der Waals surface area (Å²) in [7, 11) is 0. The summed E-state index contributed by atoms with van der Waals surface area (Å²) < 4.78 is 83.7. The lowest BCUT2D eigenvalue weighted by molar-refractivity contribution is -0.356. The van der Waals surface area contributed by atoms with Crippen LogP contribution < -0.4 is 5.73 Å². The molecule has 0 aromatic heterocycles. The van der Waals surface area contributed by atoms with Gasteiger partial charge < -0.3 is 5.73 Å². The molecule has 0 fully saturated rings. The minimum absolute atomic E-state index is 0. The van der Waals surface area contributed by atoms with Gasteiger partial charge in [-0.25, -0.2) is 0 Å². The van der Waals surface area contributed by atoms with Crippen molar-refractivity contribution in [2.75, 3.05) is 0 Å². The molecule has 1 atom stereocenters. The quantitative estimate of drug-likeness (QED) is 0.613. The van der Waals surface area contributed by atoms with Gasteiger partial charge in [0.05, 0.1) is 6.04 Å². The Bertz CT molecular complexity index is 224. The highest BCUT2D eigenvalue weighted by molar-refractivity contribution is 5.85. The van der Waals surface area contributed by atoms with Crippen LogP contribution in [-0.2, 0) is 0 Å². The van der Waals surface area contributed by atoms with Crippen LogP contribution in [0.15, 0.2) is 12.7 Å². The molecule has 0 bridgehead atoms. The first-order chi connectivity index (χ1) is 5.98. The van der Waals surface area contributed by atoms with Crippen LogP contribution in [-0.4, -0.2) is 24.1 Å². The third-order valence-electron chi connectivity index (χ3n) is 1.45. The number of rotatable bonds is 3. The van der Waals surface area contributed by atoms with Crippen LogP contribution >= 0.6 is 12.4 Å². The van der Waals surface area contributed by atoms with E-state index in [1.54, 1.807) is 0 Å². The average Bonchev–Trinajstić information content (AvgIpc) is 2.00. The zero-order valence-electron chi connectivity index (χ0n) is 6.99. The Labute approximate surface area is 86.5 Å². The van der Waals surface area contributed by atoms with Crippen molar-refractivity contribution in [1.82, 2.24) is 0 Å². The predicted octanol–water partition coefficient (Wildman–Crippen LogP) is 2.75. The second-order valence-corrected chi connectivity index (χ2v) is 2.46. The van der Waals surface area contributed by atoms with Gasteiger partial charge in [-0.05, 0) is 0 Å². The normalized spacial score (nSPS) is 15.5. The molecule has 0 amide bonds. The van der Waals surface area contributed by atoms with Crippen LogP contribution in [0.25, 0.3) is 0 Å². The van der Waals surface area contributed by atoms with Crippen molar-refractivity contribution in [3.8, 4) is 0 Å². The highest BCUT2D eigenvalue weighted by atomic mass is 35.5. The van der Waals surface area contributed by atoms with E-state index >= 15 is 0 Å². The number of hydrogen-bond acceptors (Lipinski definition) is 1. The van der Waals surface area contributed by atoms with Gasteiger partial charge in [0.1, 0.15) is 0 Å². The average molecular weight is 262 g/mol. The second-order valence-electron chi connectivity index (χ2n) is 2.46. The molecule has 0 aromatic carbocycles. The zero-order valence-corrected chi connectivity index (χ0v) is 7.81. The summed E-state index contributed by atoms with van der Waals surface area (Å²) in [4.78, 5) is 0. The Balaban J connectivity index is 0. The molecule has 0 heterocycles. The Kier molecular flexibility index (Phi) is 5.15. The van der Waals surface area contributed by atoms with Gasteiger partial charge in [0.2, 0.25) is 0 Å². The first kappa shape index (κ1) is 16.9. The van der Waals surface area contributed by atoms with Crippen LogP contribution in [0.1, 0.15) is 0 Å². The number of nitrogens with two attached hydrogens (primary N) is 1. The van der Waals surface area contributed by atoms with Gasteiger partial charge >= 0.3 is 18.0 Å². The maximum Gasteiger partial charge on any atom is 0.459 e. The van der Waals surface area contributed by atoms with E-state index in [2.05, 4.69) is 12.3 Å². The van der Waals surface area contributed by atoms with Crippen molar-refractivity contribution in [1.29, 1.82) is 0 Å². The molecule has 1 nitrogen and oxygen atoms in total. The Morgan fingerprint density at radius 2 is 1.33 bits per heavy atom. The van der Waals surface area contributed by atoms with Crippen LogP contribution in [0.5, 0.6) is 0 Å². The molecule has 0 saturated heterocycles. The summed E-state index contributed by atoms with van der Waals surface area (Å²) >= 11 is 0. The highest BCUT2D eigenvalue weighted by Crippen LogP contribution is 2.47. The van der Waals surface area contributed by atoms with Crippen LogP contribution in [0.2, 0.25) is 0 Å². The van der Waals surface area contributed by atoms with E-state index in [1.165, 1.54) is 0 Å². The van der Waals surface area contributed by atoms with E-state index in [4.69, 9.17) is 0 Å². The van der Waals surface area contributed by atoms with Crippen molar-refractivity contribution >= 4 is 12.4 Å². The molecule has 0 aliphatic carbocycles. The highest BCUT2D eigenvalue weighted by Gasteiger charge is 2.74. The van der Waals surface area contributed by atoms with Crippen LogP contribution in [0.4, 0.5) is 30.7 Å². The lowest BCUT2D eigenvalue weighted by Gasteiger charge is -2.30. The van der Waals surface area contributed by atoms with Gasteiger partial charge in [0.25, 0.3) is 0 Å². The van der Waals surface area contributed by atoms with E-state index in [0.29, 0.717) is 0 Å². The summed E-state index contributed by atoms with van der Waals surface area (Å²) in [6.07, 6.45) is -6.23. The molecule has 0 rings (SSSR count). The van der Waals surface area contributed by atoms with Crippen LogP contribution in [0.3, 0.4) is 0 Å². The standard InChI is InChI=1S/C6H6F7N.ClH/c1-2-3(14)4(7,8)5(9,10)6(11,12)13;/h2-3H,1,14H2;1H/t3-;/m1./s1. The van der Waals surface area contributed by atoms with E-state index in [9.17, 15) is 30.7 Å². The Morgan fingerprint density at radius 3 is 1.53 bits per heavy atom. The molecule has 92 valence electrons. The molecule has 0 spiro atoms. The molecule has 0 radical (unpaired) electrons. The summed E-state index contributed by atoms with van der Waals surface area (Å²) in [6, 6.07) is -2.76. The fraction of sp³-hybridized carbons (Fsp3) is 0.667. The second kappa shape index (κ2) is 4.56. The van der Waals surface area contributed by atoms with E-state index in [0.717, 1.165) is 0 Å². The topological polar surface area (TPSA) is 26.0 Å². The van der Waals surface area contributed by atoms with Crippen molar-refractivity contribution in [2.45, 2.75) is 24.1 Å². The van der Waals surface area contributed by atoms with Crippen molar-refractivity contribution in [3.05, 3.63) is 12.7 Å². The van der Waals surface area contributed by atoms with E-state index < -0.39 is 24.1 Å². The summed E-state index contributed by atoms with van der Waals surface area (Å²) in [5.41, 5.74) is 4.39. The third-order valence-corrected chi connectivity index (χ3v) is 1.45. The zero-order chi connectivity index (χ0) is 11.8. The molecule has 9 heteroatoms. The lowest BCUT2D eigenvalue weighted by atomic mass is 10.0. The van der Waals surface area contributed by atoms with Crippen molar-refractivity contribution in [2.24, 2.45) is 5.73 Å². The molecule has 0 unspecified atom stereocenters. The number of hydrogen-bond donors (Lipinski definition) is 1. The summed E-state index contributed by atoms with van der Waals surface area (Å²) in [5.74, 6) is -11.6. The minimum atomic E-state index is -6.35. The maximum atomic E-state index is 12.4. The fourth-order valence-electron chi connectivity index (χ4n) is 0.546. The fourth-order valence-corrected chi connectivity index (χ4v) is 0.546. The van der Waals surface area contributed by atoms with Gasteiger partial charge in [-0.2, -0.15) is 30.7 Å². The van der Waals surface area contributed by atoms with Crippen LogP contribution in [0, 0.1) is 0 Å². The summed E-state index contributed by atoms with van der Waals surface area (Å²) in [5, 5.41) is 0. The van der Waals surface area contributed by atoms with Crippen molar-refractivity contribution < 1.29 is 30.7 Å². The molecule has 0 aliphatic heterocycles. The molecule has 0 aliphatic rings. The predicted molar refractivity (Wildman–Crippen MR) is 41.4 cm³/mol. The molecule has 15 heavy (non-hydrogen) atoms. The molecular formula is C6H7ClF7N. The number of alkyl halides is 7. The van der Waals surface area contributed by atoms with Gasteiger partial charge in [0.15, 0.2) is 0 Å².